The van der Waals surface area contributed by atoms with Crippen LogP contribution in [0, 0.1) is 5.41 Å². The first-order valence-corrected chi connectivity index (χ1v) is 7.64. The molecule has 1 fully saturated rings. The highest BCUT2D eigenvalue weighted by Crippen LogP contribution is 2.36. The lowest BCUT2D eigenvalue weighted by atomic mass is 9.75. The molecule has 0 saturated heterocycles. The quantitative estimate of drug-likeness (QED) is 0.547. The molecular weight excluding hydrogens is 268 g/mol. The van der Waals surface area contributed by atoms with E-state index in [0.717, 1.165) is 19.3 Å². The van der Waals surface area contributed by atoms with Crippen molar-refractivity contribution in [2.24, 2.45) is 11.3 Å². The van der Waals surface area contributed by atoms with Crippen molar-refractivity contribution in [1.29, 1.82) is 0 Å². The first kappa shape index (κ1) is 15.8. The smallest absolute Gasteiger partial charge is 0.323 e. The van der Waals surface area contributed by atoms with Gasteiger partial charge in [-0.25, -0.2) is 5.84 Å². The Balaban J connectivity index is 2.07. The number of anilines is 2. The summed E-state index contributed by atoms with van der Waals surface area (Å²) in [5, 5.41) is 3.39. The minimum Gasteiger partial charge on any atom is -0.463 e. The van der Waals surface area contributed by atoms with Crippen molar-refractivity contribution in [1.82, 2.24) is 15.0 Å². The highest BCUT2D eigenvalue weighted by Gasteiger charge is 2.28. The first-order valence-electron chi connectivity index (χ1n) is 7.64. The number of nitrogens with zero attached hydrogens (tertiary/aromatic N) is 3. The van der Waals surface area contributed by atoms with Crippen molar-refractivity contribution in [2.75, 3.05) is 17.3 Å². The number of hydrazine groups is 1. The molecule has 4 N–H and O–H groups in total. The Morgan fingerprint density at radius 3 is 2.71 bits per heavy atom. The van der Waals surface area contributed by atoms with Crippen LogP contribution in [0.4, 0.5) is 11.9 Å². The lowest BCUT2D eigenvalue weighted by Crippen LogP contribution is -2.32. The van der Waals surface area contributed by atoms with Crippen molar-refractivity contribution in [2.45, 2.75) is 58.9 Å². The molecule has 7 heteroatoms. The summed E-state index contributed by atoms with van der Waals surface area (Å²) in [5.74, 6) is 6.24. The largest absolute Gasteiger partial charge is 0.463 e. The second-order valence-electron chi connectivity index (χ2n) is 6.36. The fourth-order valence-corrected chi connectivity index (χ4v) is 2.75. The molecule has 0 radical (unpaired) electrons. The average Bonchev–Trinajstić information content (AvgIpc) is 2.43. The van der Waals surface area contributed by atoms with Gasteiger partial charge in [0.25, 0.3) is 0 Å². The van der Waals surface area contributed by atoms with Gasteiger partial charge in [-0.3, -0.25) is 5.43 Å². The third-order valence-corrected chi connectivity index (χ3v) is 3.72. The van der Waals surface area contributed by atoms with E-state index >= 15 is 0 Å². The fourth-order valence-electron chi connectivity index (χ4n) is 2.75. The number of hydrogen-bond donors (Lipinski definition) is 3. The summed E-state index contributed by atoms with van der Waals surface area (Å²) in [5.41, 5.74) is 2.82. The summed E-state index contributed by atoms with van der Waals surface area (Å²) in [4.78, 5) is 12.7. The van der Waals surface area contributed by atoms with Gasteiger partial charge in [0.1, 0.15) is 0 Å². The zero-order valence-corrected chi connectivity index (χ0v) is 13.1. The normalized spacial score (nSPS) is 20.9. The lowest BCUT2D eigenvalue weighted by Gasteiger charge is -2.35. The van der Waals surface area contributed by atoms with Crippen LogP contribution in [0.5, 0.6) is 6.01 Å². The molecule has 0 amide bonds. The Morgan fingerprint density at radius 2 is 2.05 bits per heavy atom. The number of hydrogen-bond acceptors (Lipinski definition) is 7. The van der Waals surface area contributed by atoms with E-state index in [1.165, 1.54) is 12.8 Å². The molecule has 1 aromatic heterocycles. The number of nitrogens with one attached hydrogen (secondary N) is 2. The molecule has 1 heterocycles. The van der Waals surface area contributed by atoms with Crippen LogP contribution in [0.25, 0.3) is 0 Å². The minimum absolute atomic E-state index is 0.303. The highest BCUT2D eigenvalue weighted by molar-refractivity contribution is 5.35. The topological polar surface area (TPSA) is 98.0 Å². The molecule has 2 rings (SSSR count). The van der Waals surface area contributed by atoms with Crippen LogP contribution in [0.2, 0.25) is 0 Å². The first-order chi connectivity index (χ1) is 10.0. The van der Waals surface area contributed by atoms with Gasteiger partial charge in [0, 0.05) is 6.04 Å². The van der Waals surface area contributed by atoms with E-state index < -0.39 is 0 Å². The molecular formula is C14H26N6O. The molecule has 7 nitrogen and oxygen atoms in total. The zero-order valence-electron chi connectivity index (χ0n) is 13.1. The molecule has 118 valence electrons. The Hall–Kier alpha value is -1.63. The summed E-state index contributed by atoms with van der Waals surface area (Å²) >= 11 is 0. The van der Waals surface area contributed by atoms with E-state index in [0.29, 0.717) is 36.0 Å². The Bertz CT molecular complexity index is 465. The second-order valence-corrected chi connectivity index (χ2v) is 6.36. The summed E-state index contributed by atoms with van der Waals surface area (Å²) in [6, 6.07) is 0.679. The second kappa shape index (κ2) is 6.89. The van der Waals surface area contributed by atoms with E-state index in [4.69, 9.17) is 10.6 Å². The maximum atomic E-state index is 5.47. The minimum atomic E-state index is 0.303. The van der Waals surface area contributed by atoms with Gasteiger partial charge in [-0.15, -0.1) is 0 Å². The van der Waals surface area contributed by atoms with Gasteiger partial charge in [-0.05, 0) is 31.1 Å². The molecule has 0 spiro atoms. The van der Waals surface area contributed by atoms with Crippen molar-refractivity contribution in [3.8, 4) is 6.01 Å². The summed E-state index contributed by atoms with van der Waals surface area (Å²) in [6.45, 7) is 7.21. The van der Waals surface area contributed by atoms with Crippen molar-refractivity contribution >= 4 is 11.9 Å². The molecule has 0 aromatic carbocycles. The van der Waals surface area contributed by atoms with Crippen LogP contribution in [0.15, 0.2) is 0 Å². The van der Waals surface area contributed by atoms with E-state index in [1.54, 1.807) is 0 Å². The van der Waals surface area contributed by atoms with Crippen LogP contribution >= 0.6 is 0 Å². The van der Waals surface area contributed by atoms with Gasteiger partial charge in [-0.1, -0.05) is 27.2 Å². The number of nitrogens with two attached hydrogens (primary N) is 1. The van der Waals surface area contributed by atoms with E-state index in [2.05, 4.69) is 39.5 Å². The molecule has 1 aliphatic carbocycles. The molecule has 1 aromatic rings. The molecule has 0 bridgehead atoms. The molecule has 1 aliphatic rings. The zero-order chi connectivity index (χ0) is 15.3. The van der Waals surface area contributed by atoms with Gasteiger partial charge in [0.15, 0.2) is 0 Å². The van der Waals surface area contributed by atoms with E-state index in [1.807, 2.05) is 6.92 Å². The number of nitrogen functional groups attached to an aromatic ring is 1. The van der Waals surface area contributed by atoms with Crippen molar-refractivity contribution in [3.63, 3.8) is 0 Å². The highest BCUT2D eigenvalue weighted by atomic mass is 16.5. The van der Waals surface area contributed by atoms with Crippen LogP contribution in [0.1, 0.15) is 52.9 Å². The molecule has 21 heavy (non-hydrogen) atoms. The predicted octanol–water partition coefficient (Wildman–Crippen LogP) is 2.33. The maximum Gasteiger partial charge on any atom is 0.323 e. The number of ether oxygens (including phenoxy) is 1. The summed E-state index contributed by atoms with van der Waals surface area (Å²) in [6.07, 6.45) is 5.62. The van der Waals surface area contributed by atoms with Gasteiger partial charge >= 0.3 is 6.01 Å². The maximum absolute atomic E-state index is 5.47. The van der Waals surface area contributed by atoms with Gasteiger partial charge in [-0.2, -0.15) is 15.0 Å². The number of aromatic nitrogens is 3. The summed E-state index contributed by atoms with van der Waals surface area (Å²) in [7, 11) is 0. The molecule has 0 aliphatic heterocycles. The third-order valence-electron chi connectivity index (χ3n) is 3.72. The Morgan fingerprint density at radius 1 is 1.29 bits per heavy atom. The van der Waals surface area contributed by atoms with Crippen molar-refractivity contribution in [3.05, 3.63) is 0 Å². The monoisotopic (exact) mass is 294 g/mol. The Kier molecular flexibility index (Phi) is 5.17. The van der Waals surface area contributed by atoms with E-state index in [-0.39, 0.29) is 0 Å². The standard InChI is InChI=1S/C14H26N6O/c1-4-8-21-13-18-11(17-12(19-13)20-15)16-10-6-5-7-14(2,3)9-10/h10H,4-9,15H2,1-3H3,(H2,16,17,18,19,20). The van der Waals surface area contributed by atoms with Crippen LogP contribution < -0.4 is 21.3 Å². The van der Waals surface area contributed by atoms with Crippen LogP contribution in [-0.4, -0.2) is 27.6 Å². The van der Waals surface area contributed by atoms with Crippen LogP contribution in [-0.2, 0) is 0 Å². The third kappa shape index (κ3) is 4.70. The number of rotatable bonds is 6. The SMILES string of the molecule is CCCOc1nc(NN)nc(NC2CCCC(C)(C)C2)n1. The summed E-state index contributed by atoms with van der Waals surface area (Å²) < 4.78 is 5.47. The molecule has 1 atom stereocenters. The molecule has 1 unspecified atom stereocenters. The van der Waals surface area contributed by atoms with Gasteiger partial charge in [0.2, 0.25) is 11.9 Å². The van der Waals surface area contributed by atoms with Crippen molar-refractivity contribution < 1.29 is 4.74 Å². The van der Waals surface area contributed by atoms with Gasteiger partial charge < -0.3 is 10.1 Å². The Labute approximate surface area is 126 Å². The van der Waals surface area contributed by atoms with Gasteiger partial charge in [0.05, 0.1) is 6.61 Å². The van der Waals surface area contributed by atoms with Crippen LogP contribution in [0.3, 0.4) is 0 Å². The molecule has 1 saturated carbocycles. The average molecular weight is 294 g/mol. The van der Waals surface area contributed by atoms with E-state index in [9.17, 15) is 0 Å². The predicted molar refractivity (Wildman–Crippen MR) is 83.1 cm³/mol. The lowest BCUT2D eigenvalue weighted by molar-refractivity contribution is 0.229. The fraction of sp³-hybridized carbons (Fsp3) is 0.786.